The van der Waals surface area contributed by atoms with Crippen LogP contribution in [0.3, 0.4) is 0 Å². The fourth-order valence-electron chi connectivity index (χ4n) is 1.45. The van der Waals surface area contributed by atoms with E-state index in [-0.39, 0.29) is 0 Å². The van der Waals surface area contributed by atoms with E-state index in [0.29, 0.717) is 5.84 Å². The van der Waals surface area contributed by atoms with E-state index in [1.165, 1.54) is 6.20 Å². The van der Waals surface area contributed by atoms with Crippen molar-refractivity contribution in [1.29, 1.82) is 0 Å². The van der Waals surface area contributed by atoms with Crippen LogP contribution in [0.15, 0.2) is 29.9 Å². The largest absolute Gasteiger partial charge is 0.496 e. The Balaban J connectivity index is 3.27. The lowest BCUT2D eigenvalue weighted by Crippen LogP contribution is -2.14. The smallest absolute Gasteiger partial charge is 0.130 e. The Kier molecular flexibility index (Phi) is 3.50. The second kappa shape index (κ2) is 4.64. The van der Waals surface area contributed by atoms with Crippen LogP contribution in [0.2, 0.25) is 0 Å². The van der Waals surface area contributed by atoms with Gasteiger partial charge in [-0.05, 0) is 37.1 Å². The van der Waals surface area contributed by atoms with Gasteiger partial charge in [0.25, 0.3) is 0 Å². The van der Waals surface area contributed by atoms with Crippen molar-refractivity contribution in [1.82, 2.24) is 0 Å². The minimum absolute atomic E-state index is 0.480. The number of nitrogens with two attached hydrogens (primary N) is 1. The molecule has 1 aromatic rings. The molecular weight excluding hydrogens is 188 g/mol. The molecule has 1 rings (SSSR count). The number of hydrogen-bond donors (Lipinski definition) is 1. The fraction of sp³-hybridized carbons (Fsp3) is 0.250. The molecule has 0 aromatic heterocycles. The number of aryl methyl sites for hydroxylation is 2. The van der Waals surface area contributed by atoms with Gasteiger partial charge in [-0.15, -0.1) is 0 Å². The first kappa shape index (κ1) is 11.3. The molecule has 3 nitrogen and oxygen atoms in total. The second-order valence-corrected chi connectivity index (χ2v) is 3.33. The number of amidine groups is 1. The molecule has 0 bridgehead atoms. The quantitative estimate of drug-likeness (QED) is 0.606. The monoisotopic (exact) mass is 204 g/mol. The Morgan fingerprint density at radius 3 is 2.60 bits per heavy atom. The SMILES string of the molecule is C=CN=C(N)c1cc(C)c(OC)cc1C. The van der Waals surface area contributed by atoms with Gasteiger partial charge >= 0.3 is 0 Å². The van der Waals surface area contributed by atoms with Gasteiger partial charge in [0, 0.05) is 11.8 Å². The van der Waals surface area contributed by atoms with Crippen LogP contribution in [0.25, 0.3) is 0 Å². The average Bonchev–Trinajstić information content (AvgIpc) is 2.21. The molecule has 0 aliphatic rings. The van der Waals surface area contributed by atoms with Gasteiger partial charge in [-0.3, -0.25) is 0 Å². The van der Waals surface area contributed by atoms with Gasteiger partial charge < -0.3 is 10.5 Å². The number of hydrogen-bond acceptors (Lipinski definition) is 2. The van der Waals surface area contributed by atoms with E-state index in [2.05, 4.69) is 11.6 Å². The summed E-state index contributed by atoms with van der Waals surface area (Å²) < 4.78 is 5.22. The zero-order valence-corrected chi connectivity index (χ0v) is 9.37. The fourth-order valence-corrected chi connectivity index (χ4v) is 1.45. The number of rotatable bonds is 3. The minimum Gasteiger partial charge on any atom is -0.496 e. The Hall–Kier alpha value is -1.77. The predicted octanol–water partition coefficient (Wildman–Crippen LogP) is 2.16. The normalized spacial score (nSPS) is 11.3. The van der Waals surface area contributed by atoms with Crippen molar-refractivity contribution in [2.75, 3.05) is 7.11 Å². The molecule has 0 spiro atoms. The molecule has 0 aliphatic carbocycles. The third-order valence-electron chi connectivity index (χ3n) is 2.25. The zero-order chi connectivity index (χ0) is 11.4. The van der Waals surface area contributed by atoms with Crippen LogP contribution in [0.4, 0.5) is 0 Å². The van der Waals surface area contributed by atoms with Crippen LogP contribution in [0, 0.1) is 13.8 Å². The Morgan fingerprint density at radius 2 is 2.07 bits per heavy atom. The van der Waals surface area contributed by atoms with Gasteiger partial charge in [-0.25, -0.2) is 4.99 Å². The van der Waals surface area contributed by atoms with Gasteiger partial charge in [0.2, 0.25) is 0 Å². The lowest BCUT2D eigenvalue weighted by molar-refractivity contribution is 0.411. The summed E-state index contributed by atoms with van der Waals surface area (Å²) in [5.74, 6) is 1.34. The highest BCUT2D eigenvalue weighted by Gasteiger charge is 2.07. The Labute approximate surface area is 90.3 Å². The highest BCUT2D eigenvalue weighted by atomic mass is 16.5. The van der Waals surface area contributed by atoms with Gasteiger partial charge in [0.05, 0.1) is 7.11 Å². The molecule has 80 valence electrons. The Bertz CT molecular complexity index is 408. The van der Waals surface area contributed by atoms with Gasteiger partial charge in [-0.1, -0.05) is 6.58 Å². The summed E-state index contributed by atoms with van der Waals surface area (Å²) in [6, 6.07) is 3.92. The highest BCUT2D eigenvalue weighted by Crippen LogP contribution is 2.22. The first-order valence-corrected chi connectivity index (χ1v) is 4.70. The maximum Gasteiger partial charge on any atom is 0.130 e. The Morgan fingerprint density at radius 1 is 1.40 bits per heavy atom. The third-order valence-corrected chi connectivity index (χ3v) is 2.25. The van der Waals surface area contributed by atoms with E-state index in [0.717, 1.165) is 22.4 Å². The van der Waals surface area contributed by atoms with E-state index >= 15 is 0 Å². The molecule has 3 heteroatoms. The number of aliphatic imine (C=N–C) groups is 1. The molecule has 0 saturated heterocycles. The van der Waals surface area contributed by atoms with Crippen LogP contribution in [-0.2, 0) is 0 Å². The molecule has 15 heavy (non-hydrogen) atoms. The number of ether oxygens (including phenoxy) is 1. The molecule has 0 atom stereocenters. The molecule has 0 radical (unpaired) electrons. The van der Waals surface area contributed by atoms with Crippen molar-refractivity contribution in [3.63, 3.8) is 0 Å². The first-order chi connectivity index (χ1) is 7.10. The maximum atomic E-state index is 5.80. The van der Waals surface area contributed by atoms with Crippen LogP contribution in [0.1, 0.15) is 16.7 Å². The van der Waals surface area contributed by atoms with Crippen LogP contribution < -0.4 is 10.5 Å². The van der Waals surface area contributed by atoms with Crippen molar-refractivity contribution in [2.45, 2.75) is 13.8 Å². The molecule has 2 N–H and O–H groups in total. The maximum absolute atomic E-state index is 5.80. The molecule has 0 saturated carbocycles. The van der Waals surface area contributed by atoms with Gasteiger partial charge in [0.1, 0.15) is 11.6 Å². The summed E-state index contributed by atoms with van der Waals surface area (Å²) >= 11 is 0. The molecule has 0 amide bonds. The summed E-state index contributed by atoms with van der Waals surface area (Å²) in [6.07, 6.45) is 1.44. The standard InChI is InChI=1S/C12H16N2O/c1-5-14-12(13)10-6-9(3)11(15-4)7-8(10)2/h5-7H,1H2,2-4H3,(H2,13,14). The molecule has 0 fully saturated rings. The molecule has 0 unspecified atom stereocenters. The zero-order valence-electron chi connectivity index (χ0n) is 9.37. The summed E-state index contributed by atoms with van der Waals surface area (Å²) in [7, 11) is 1.66. The second-order valence-electron chi connectivity index (χ2n) is 3.33. The summed E-state index contributed by atoms with van der Waals surface area (Å²) in [5, 5.41) is 0. The van der Waals surface area contributed by atoms with Crippen molar-refractivity contribution in [3.8, 4) is 5.75 Å². The molecule has 0 aliphatic heterocycles. The lowest BCUT2D eigenvalue weighted by atomic mass is 10.0. The summed E-state index contributed by atoms with van der Waals surface area (Å²) in [5.41, 5.74) is 8.81. The van der Waals surface area contributed by atoms with Crippen molar-refractivity contribution in [2.24, 2.45) is 10.7 Å². The van der Waals surface area contributed by atoms with Crippen LogP contribution >= 0.6 is 0 Å². The summed E-state index contributed by atoms with van der Waals surface area (Å²) in [6.45, 7) is 7.47. The topological polar surface area (TPSA) is 47.6 Å². The lowest BCUT2D eigenvalue weighted by Gasteiger charge is -2.10. The minimum atomic E-state index is 0.480. The third kappa shape index (κ3) is 2.37. The van der Waals surface area contributed by atoms with Crippen molar-refractivity contribution in [3.05, 3.63) is 41.6 Å². The van der Waals surface area contributed by atoms with E-state index in [4.69, 9.17) is 10.5 Å². The summed E-state index contributed by atoms with van der Waals surface area (Å²) in [4.78, 5) is 3.97. The van der Waals surface area contributed by atoms with E-state index in [1.807, 2.05) is 26.0 Å². The molecular formula is C12H16N2O. The predicted molar refractivity (Wildman–Crippen MR) is 63.4 cm³/mol. The average molecular weight is 204 g/mol. The van der Waals surface area contributed by atoms with Gasteiger partial charge in [-0.2, -0.15) is 0 Å². The highest BCUT2D eigenvalue weighted by molar-refractivity contribution is 5.99. The van der Waals surface area contributed by atoms with Crippen LogP contribution in [-0.4, -0.2) is 12.9 Å². The number of methoxy groups -OCH3 is 1. The number of nitrogens with zero attached hydrogens (tertiary/aromatic N) is 1. The number of benzene rings is 1. The van der Waals surface area contributed by atoms with E-state index in [1.54, 1.807) is 7.11 Å². The molecule has 1 aromatic carbocycles. The van der Waals surface area contributed by atoms with Crippen LogP contribution in [0.5, 0.6) is 5.75 Å². The van der Waals surface area contributed by atoms with Gasteiger partial charge in [0.15, 0.2) is 0 Å². The van der Waals surface area contributed by atoms with E-state index < -0.39 is 0 Å². The van der Waals surface area contributed by atoms with E-state index in [9.17, 15) is 0 Å². The first-order valence-electron chi connectivity index (χ1n) is 4.70. The molecule has 0 heterocycles. The van der Waals surface area contributed by atoms with Crippen molar-refractivity contribution < 1.29 is 4.74 Å². The van der Waals surface area contributed by atoms with Crippen molar-refractivity contribution >= 4 is 5.84 Å².